The highest BCUT2D eigenvalue weighted by atomic mass is 32.2. The Kier molecular flexibility index (Phi) is 10.5. The summed E-state index contributed by atoms with van der Waals surface area (Å²) in [6, 6.07) is 6.00. The van der Waals surface area contributed by atoms with Gasteiger partial charge < -0.3 is 15.8 Å². The third-order valence-electron chi connectivity index (χ3n) is 8.37. The number of carbonyl (C=O) groups excluding carboxylic acids is 4. The van der Waals surface area contributed by atoms with Gasteiger partial charge in [0.05, 0.1) is 0 Å². The van der Waals surface area contributed by atoms with Crippen molar-refractivity contribution in [3.05, 3.63) is 40.8 Å². The highest BCUT2D eigenvalue weighted by Gasteiger charge is 2.58. The van der Waals surface area contributed by atoms with Crippen LogP contribution in [0.3, 0.4) is 0 Å². The Bertz CT molecular complexity index is 1150. The lowest BCUT2D eigenvalue weighted by Gasteiger charge is -2.50. The van der Waals surface area contributed by atoms with E-state index in [0.29, 0.717) is 41.6 Å². The number of nitrogens with zero attached hydrogens (tertiary/aromatic N) is 1. The van der Waals surface area contributed by atoms with E-state index in [4.69, 9.17) is 10.5 Å². The number of fused-ring (bicyclic) bond motifs is 5. The summed E-state index contributed by atoms with van der Waals surface area (Å²) in [4.78, 5) is 49.6. The maximum absolute atomic E-state index is 12.9. The second kappa shape index (κ2) is 13.4. The summed E-state index contributed by atoms with van der Waals surface area (Å²) < 4.78 is 5.42. The highest BCUT2D eigenvalue weighted by molar-refractivity contribution is 8.17. The number of hydrogen-bond acceptors (Lipinski definition) is 6. The minimum Gasteiger partial charge on any atom is -0.425 e. The van der Waals surface area contributed by atoms with Gasteiger partial charge in [-0.2, -0.15) is 4.99 Å². The van der Waals surface area contributed by atoms with E-state index >= 15 is 0 Å². The molecule has 0 spiro atoms. The number of thioether (sulfide) groups is 1. The van der Waals surface area contributed by atoms with Gasteiger partial charge in [0.2, 0.25) is 12.3 Å². The molecule has 2 fully saturated rings. The minimum absolute atomic E-state index is 0.121. The molecular weight excluding hydrogens is 514 g/mol. The van der Waals surface area contributed by atoms with E-state index < -0.39 is 5.97 Å². The number of benzene rings is 1. The summed E-state index contributed by atoms with van der Waals surface area (Å²) in [7, 11) is 0. The van der Waals surface area contributed by atoms with E-state index in [1.54, 1.807) is 6.92 Å². The van der Waals surface area contributed by atoms with E-state index in [1.165, 1.54) is 29.8 Å². The number of ketones is 1. The molecule has 5 unspecified atom stereocenters. The van der Waals surface area contributed by atoms with Crippen molar-refractivity contribution >= 4 is 41.0 Å². The molecule has 3 N–H and O–H groups in total. The van der Waals surface area contributed by atoms with Gasteiger partial charge in [-0.05, 0) is 90.9 Å². The average molecular weight is 556 g/mol. The number of allylic oxidation sites excluding steroid dienone is 1. The van der Waals surface area contributed by atoms with Gasteiger partial charge in [0.1, 0.15) is 18.1 Å². The maximum Gasteiger partial charge on any atom is 0.330 e. The number of rotatable bonds is 7. The van der Waals surface area contributed by atoms with Crippen LogP contribution in [0.25, 0.3) is 0 Å². The molecule has 212 valence electrons. The number of ether oxygens (including phenoxy) is 1. The highest BCUT2D eigenvalue weighted by Crippen LogP contribution is 2.62. The summed E-state index contributed by atoms with van der Waals surface area (Å²) in [6.45, 7) is 11.1. The van der Waals surface area contributed by atoms with Gasteiger partial charge in [-0.3, -0.25) is 14.4 Å². The molecule has 3 aliphatic carbocycles. The Balaban J connectivity index is 0.000000403. The lowest BCUT2D eigenvalue weighted by atomic mass is 9.54. The van der Waals surface area contributed by atoms with Gasteiger partial charge >= 0.3 is 5.97 Å². The van der Waals surface area contributed by atoms with Crippen LogP contribution < -0.4 is 15.8 Å². The van der Waals surface area contributed by atoms with Gasteiger partial charge in [0.25, 0.3) is 0 Å². The summed E-state index contributed by atoms with van der Waals surface area (Å²) in [5.74, 6) is 2.45. The number of nitrogens with two attached hydrogens (primary N) is 1. The fourth-order valence-corrected chi connectivity index (χ4v) is 7.39. The molecule has 0 bridgehead atoms. The molecule has 0 radical (unpaired) electrons. The van der Waals surface area contributed by atoms with Crippen molar-refractivity contribution in [1.29, 1.82) is 0 Å². The first-order valence-electron chi connectivity index (χ1n) is 13.7. The largest absolute Gasteiger partial charge is 0.425 e. The molecule has 4 rings (SSSR count). The van der Waals surface area contributed by atoms with E-state index in [1.807, 2.05) is 12.1 Å². The third kappa shape index (κ3) is 7.38. The van der Waals surface area contributed by atoms with Crippen LogP contribution >= 0.6 is 11.8 Å². The van der Waals surface area contributed by atoms with Gasteiger partial charge in [0.15, 0.2) is 5.17 Å². The molecule has 1 aromatic carbocycles. The number of esters is 1. The number of aliphatic imine (C=N–C) groups is 1. The molecule has 5 atom stereocenters. The van der Waals surface area contributed by atoms with Crippen LogP contribution in [0.15, 0.2) is 34.7 Å². The second-order valence-electron chi connectivity index (χ2n) is 11.1. The summed E-state index contributed by atoms with van der Waals surface area (Å²) >= 11 is 1.18. The normalized spacial score (nSPS) is 27.2. The monoisotopic (exact) mass is 555 g/mol. The van der Waals surface area contributed by atoms with Crippen LogP contribution in [-0.4, -0.2) is 35.8 Å². The molecule has 8 nitrogen and oxygen atoms in total. The Morgan fingerprint density at radius 3 is 2.69 bits per heavy atom. The predicted octanol–water partition coefficient (Wildman–Crippen LogP) is 4.90. The minimum atomic E-state index is -0.459. The van der Waals surface area contributed by atoms with Gasteiger partial charge in [-0.1, -0.05) is 44.7 Å². The van der Waals surface area contributed by atoms with Crippen LogP contribution in [0.4, 0.5) is 0 Å². The molecule has 0 heterocycles. The zero-order valence-electron chi connectivity index (χ0n) is 23.5. The molecule has 1 aromatic rings. The topological polar surface area (TPSA) is 128 Å². The molecular formula is C30H41N3O5S. The zero-order valence-corrected chi connectivity index (χ0v) is 24.3. The molecule has 2 saturated carbocycles. The predicted molar refractivity (Wildman–Crippen MR) is 154 cm³/mol. The quantitative estimate of drug-likeness (QED) is 0.161. The molecule has 0 aliphatic heterocycles. The molecule has 9 heteroatoms. The van der Waals surface area contributed by atoms with Crippen molar-refractivity contribution in [2.45, 2.75) is 78.6 Å². The number of amides is 2. The number of hydrogen-bond donors (Lipinski definition) is 2. The molecule has 2 amide bonds. The Hall–Kier alpha value is -2.94. The first-order chi connectivity index (χ1) is 18.5. The van der Waals surface area contributed by atoms with E-state index in [9.17, 15) is 19.2 Å². The van der Waals surface area contributed by atoms with Crippen LogP contribution in [0.5, 0.6) is 5.75 Å². The van der Waals surface area contributed by atoms with Crippen LogP contribution in [0, 0.1) is 23.2 Å². The van der Waals surface area contributed by atoms with E-state index in [2.05, 4.69) is 36.8 Å². The SMILES string of the molecule is C=C(C)SC(N)=NC=O.CCCC1CC(=O)C2(C)CCC3c4ccc(OC(=O)CNC(C)=O)cc4CCC3C12. The van der Waals surface area contributed by atoms with Gasteiger partial charge in [-0.15, -0.1) is 0 Å². The summed E-state index contributed by atoms with van der Waals surface area (Å²) in [5.41, 5.74) is 7.72. The number of aryl methyl sites for hydroxylation is 1. The number of Topliss-reactive ketones (excluding diaryl/α,β-unsaturated/α-hetero) is 1. The smallest absolute Gasteiger partial charge is 0.330 e. The fourth-order valence-electron chi connectivity index (χ4n) is 6.94. The van der Waals surface area contributed by atoms with Crippen LogP contribution in [-0.2, 0) is 25.6 Å². The number of nitrogens with one attached hydrogen (secondary N) is 1. The zero-order chi connectivity index (χ0) is 28.7. The Labute approximate surface area is 235 Å². The summed E-state index contributed by atoms with van der Waals surface area (Å²) in [5, 5.41) is 2.70. The van der Waals surface area contributed by atoms with Crippen molar-refractivity contribution < 1.29 is 23.9 Å². The first kappa shape index (κ1) is 30.6. The van der Waals surface area contributed by atoms with Gasteiger partial charge in [0, 0.05) is 18.8 Å². The third-order valence-corrected chi connectivity index (χ3v) is 9.04. The fraction of sp³-hybridized carbons (Fsp3) is 0.567. The number of carbonyl (C=O) groups is 4. The van der Waals surface area contributed by atoms with E-state index in [0.717, 1.165) is 49.9 Å². The standard InChI is InChI=1S/C25H33NO4.C5H8N2OS/c1-4-5-17-13-22(28)25(3)11-10-20-19-9-7-18(30-23(29)14-26-15(2)27)12-16(19)6-8-21(20)24(17)25;1-4(2)9-5(6)7-3-8/h7,9,12,17,20-21,24H,4-6,8,10-11,13-14H2,1-3H3,(H,26,27);3H,1H2,2H3,(H2,6,7,8). The molecule has 0 saturated heterocycles. The van der Waals surface area contributed by atoms with Crippen molar-refractivity contribution in [2.75, 3.05) is 6.54 Å². The van der Waals surface area contributed by atoms with Crippen LogP contribution in [0.1, 0.15) is 83.3 Å². The average Bonchev–Trinajstić information content (AvgIpc) is 3.12. The Morgan fingerprint density at radius 2 is 2.05 bits per heavy atom. The van der Waals surface area contributed by atoms with Crippen molar-refractivity contribution in [1.82, 2.24) is 5.32 Å². The number of amidine groups is 1. The van der Waals surface area contributed by atoms with Crippen molar-refractivity contribution in [2.24, 2.45) is 33.9 Å². The van der Waals surface area contributed by atoms with Crippen molar-refractivity contribution in [3.8, 4) is 5.75 Å². The first-order valence-corrected chi connectivity index (χ1v) is 14.5. The Morgan fingerprint density at radius 1 is 1.31 bits per heavy atom. The summed E-state index contributed by atoms with van der Waals surface area (Å²) in [6.07, 6.45) is 7.61. The second-order valence-corrected chi connectivity index (χ2v) is 12.4. The lowest BCUT2D eigenvalue weighted by Crippen LogP contribution is -2.44. The van der Waals surface area contributed by atoms with E-state index in [-0.39, 0.29) is 23.0 Å². The van der Waals surface area contributed by atoms with Gasteiger partial charge in [-0.25, -0.2) is 4.79 Å². The molecule has 3 aliphatic rings. The van der Waals surface area contributed by atoms with Crippen LogP contribution in [0.2, 0.25) is 0 Å². The lowest BCUT2D eigenvalue weighted by molar-refractivity contribution is -0.135. The van der Waals surface area contributed by atoms with Crippen molar-refractivity contribution in [3.63, 3.8) is 0 Å². The molecule has 39 heavy (non-hydrogen) atoms. The molecule has 0 aromatic heterocycles. The maximum atomic E-state index is 12.9.